The molecule has 0 N–H and O–H groups in total. The Morgan fingerprint density at radius 1 is 0.658 bits per heavy atom. The molecule has 2 nitrogen and oxygen atoms in total. The molecule has 0 amide bonds. The van der Waals surface area contributed by atoms with Gasteiger partial charge in [-0.15, -0.1) is 0 Å². The predicted octanol–water partition coefficient (Wildman–Crippen LogP) is 9.79. The Kier molecular flexibility index (Phi) is 11.1. The zero-order valence-corrected chi connectivity index (χ0v) is 24.5. The Labute approximate surface area is 230 Å². The maximum Gasteiger partial charge on any atom is 0.194 e. The zero-order chi connectivity index (χ0) is 27.7. The molecule has 0 aliphatic heterocycles. The highest BCUT2D eigenvalue weighted by Crippen LogP contribution is 2.29. The molecule has 38 heavy (non-hydrogen) atoms. The lowest BCUT2D eigenvalue weighted by atomic mass is 9.82. The molecule has 2 aromatic rings. The van der Waals surface area contributed by atoms with Gasteiger partial charge >= 0.3 is 0 Å². The molecule has 2 aromatic carbocycles. The van der Waals surface area contributed by atoms with Gasteiger partial charge < -0.3 is 0 Å². The second-order valence-electron chi connectivity index (χ2n) is 11.7. The van der Waals surface area contributed by atoms with Crippen molar-refractivity contribution in [3.8, 4) is 0 Å². The molecule has 0 saturated heterocycles. The number of benzene rings is 2. The van der Waals surface area contributed by atoms with Crippen LogP contribution in [-0.2, 0) is 12.8 Å². The molecule has 1 aliphatic carbocycles. The van der Waals surface area contributed by atoms with Crippen LogP contribution in [0, 0.1) is 5.92 Å². The average molecular weight is 511 g/mol. The summed E-state index contributed by atoms with van der Waals surface area (Å²) in [7, 11) is 0. The van der Waals surface area contributed by atoms with Crippen LogP contribution < -0.4 is 0 Å². The topological polar surface area (TPSA) is 34.1 Å². The molecule has 0 bridgehead atoms. The molecule has 2 heteroatoms. The smallest absolute Gasteiger partial charge is 0.194 e. The summed E-state index contributed by atoms with van der Waals surface area (Å²) in [5.41, 5.74) is 8.61. The Morgan fingerprint density at radius 3 is 1.66 bits per heavy atom. The molecule has 0 atom stereocenters. The van der Waals surface area contributed by atoms with Gasteiger partial charge in [0.25, 0.3) is 0 Å². The second-order valence-corrected chi connectivity index (χ2v) is 11.7. The van der Waals surface area contributed by atoms with Crippen molar-refractivity contribution < 1.29 is 9.59 Å². The van der Waals surface area contributed by atoms with E-state index in [2.05, 4.69) is 59.8 Å². The van der Waals surface area contributed by atoms with Crippen molar-refractivity contribution >= 4 is 11.6 Å². The zero-order valence-electron chi connectivity index (χ0n) is 24.5. The Bertz CT molecular complexity index is 1230. The fourth-order valence-electron chi connectivity index (χ4n) is 5.11. The molecular formula is C36H46O2. The van der Waals surface area contributed by atoms with Crippen molar-refractivity contribution in [2.75, 3.05) is 0 Å². The minimum Gasteiger partial charge on any atom is -0.289 e. The van der Waals surface area contributed by atoms with Crippen molar-refractivity contribution in [3.05, 3.63) is 105 Å². The van der Waals surface area contributed by atoms with Gasteiger partial charge in [-0.05, 0) is 108 Å². The van der Waals surface area contributed by atoms with Gasteiger partial charge in [-0.25, -0.2) is 0 Å². The number of fused-ring (bicyclic) bond motifs is 2. The largest absolute Gasteiger partial charge is 0.289 e. The number of ketones is 2. The Morgan fingerprint density at radius 2 is 1.16 bits per heavy atom. The van der Waals surface area contributed by atoms with E-state index in [-0.39, 0.29) is 11.6 Å². The third-order valence-corrected chi connectivity index (χ3v) is 7.44. The number of carbonyl (C=O) groups is 2. The molecule has 0 fully saturated rings. The van der Waals surface area contributed by atoms with Crippen LogP contribution >= 0.6 is 0 Å². The maximum atomic E-state index is 13.5. The molecule has 202 valence electrons. The first kappa shape index (κ1) is 29.6. The fraction of sp³-hybridized carbons (Fsp3) is 0.444. The van der Waals surface area contributed by atoms with E-state index in [1.54, 1.807) is 0 Å². The normalized spacial score (nSPS) is 13.6. The lowest BCUT2D eigenvalue weighted by Crippen LogP contribution is -2.21. The molecule has 0 saturated carbocycles. The monoisotopic (exact) mass is 510 g/mol. The Balaban J connectivity index is 1.65. The van der Waals surface area contributed by atoms with E-state index >= 15 is 0 Å². The highest BCUT2D eigenvalue weighted by molar-refractivity contribution is 6.28. The molecule has 0 heterocycles. The van der Waals surface area contributed by atoms with E-state index in [4.69, 9.17) is 0 Å². The SMILES string of the molecule is CC(C)=CCCC(C)=CCCc1ccc2c(c1)C(=O)c1cc(CCC=C(C)CCCC(C)C)ccc1C2=O. The van der Waals surface area contributed by atoms with Crippen molar-refractivity contribution in [2.24, 2.45) is 5.92 Å². The molecule has 1 aliphatic rings. The Hall–Kier alpha value is -3.00. The van der Waals surface area contributed by atoms with E-state index in [0.29, 0.717) is 22.3 Å². The summed E-state index contributed by atoms with van der Waals surface area (Å²) in [4.78, 5) is 26.7. The van der Waals surface area contributed by atoms with E-state index in [9.17, 15) is 9.59 Å². The molecular weight excluding hydrogens is 464 g/mol. The standard InChI is InChI=1S/C36H46O2/c1-25(2)11-7-13-27(5)15-9-17-29-19-21-31-33(23-29)36(38)34-24-30(20-22-32(34)35(31)37)18-10-16-28(6)14-8-12-26(3)4/h11,15-16,19-24,26H,7-10,12-14,17-18H2,1-6H3. The van der Waals surface area contributed by atoms with Gasteiger partial charge in [-0.1, -0.05) is 79.5 Å². The number of allylic oxidation sites excluding steroid dienone is 6. The van der Waals surface area contributed by atoms with Crippen LogP contribution in [0.1, 0.15) is 129 Å². The van der Waals surface area contributed by atoms with E-state index in [1.165, 1.54) is 29.6 Å². The third kappa shape index (κ3) is 8.51. The van der Waals surface area contributed by atoms with E-state index in [1.807, 2.05) is 36.4 Å². The van der Waals surface area contributed by atoms with Crippen LogP contribution in [0.25, 0.3) is 0 Å². The second kappa shape index (κ2) is 14.2. The lowest BCUT2D eigenvalue weighted by molar-refractivity contribution is 0.0979. The number of aryl methyl sites for hydroxylation is 2. The summed E-state index contributed by atoms with van der Waals surface area (Å²) in [6.45, 7) is 13.2. The maximum absolute atomic E-state index is 13.5. The van der Waals surface area contributed by atoms with E-state index in [0.717, 1.165) is 62.0 Å². The van der Waals surface area contributed by atoms with Crippen molar-refractivity contribution in [1.29, 1.82) is 0 Å². The van der Waals surface area contributed by atoms with E-state index < -0.39 is 0 Å². The first-order valence-electron chi connectivity index (χ1n) is 14.5. The summed E-state index contributed by atoms with van der Waals surface area (Å²) in [5, 5.41) is 0. The van der Waals surface area contributed by atoms with Crippen LogP contribution in [0.3, 0.4) is 0 Å². The van der Waals surface area contributed by atoms with Crippen LogP contribution in [0.5, 0.6) is 0 Å². The highest BCUT2D eigenvalue weighted by atomic mass is 16.1. The summed E-state index contributed by atoms with van der Waals surface area (Å²) < 4.78 is 0. The summed E-state index contributed by atoms with van der Waals surface area (Å²) in [5.74, 6) is 0.694. The van der Waals surface area contributed by atoms with Crippen molar-refractivity contribution in [2.45, 2.75) is 99.3 Å². The number of hydrogen-bond donors (Lipinski definition) is 0. The van der Waals surface area contributed by atoms with Gasteiger partial charge in [0.2, 0.25) is 0 Å². The molecule has 3 rings (SSSR count). The van der Waals surface area contributed by atoms with Gasteiger partial charge in [0.05, 0.1) is 0 Å². The van der Waals surface area contributed by atoms with Gasteiger partial charge in [-0.3, -0.25) is 9.59 Å². The highest BCUT2D eigenvalue weighted by Gasteiger charge is 2.29. The van der Waals surface area contributed by atoms with Gasteiger partial charge in [-0.2, -0.15) is 0 Å². The molecule has 0 radical (unpaired) electrons. The number of hydrogen-bond acceptors (Lipinski definition) is 2. The van der Waals surface area contributed by atoms with Gasteiger partial charge in [0.15, 0.2) is 11.6 Å². The first-order valence-corrected chi connectivity index (χ1v) is 14.5. The summed E-state index contributed by atoms with van der Waals surface area (Å²) in [6.07, 6.45) is 16.4. The molecule has 0 aromatic heterocycles. The average Bonchev–Trinajstić information content (AvgIpc) is 2.86. The van der Waals surface area contributed by atoms with Crippen LogP contribution in [0.4, 0.5) is 0 Å². The fourth-order valence-corrected chi connectivity index (χ4v) is 5.11. The van der Waals surface area contributed by atoms with Crippen LogP contribution in [0.15, 0.2) is 71.3 Å². The number of carbonyl (C=O) groups excluding carboxylic acids is 2. The van der Waals surface area contributed by atoms with Crippen LogP contribution in [-0.4, -0.2) is 11.6 Å². The molecule has 0 unspecified atom stereocenters. The number of rotatable bonds is 13. The lowest BCUT2D eigenvalue weighted by Gasteiger charge is -2.19. The van der Waals surface area contributed by atoms with Gasteiger partial charge in [0.1, 0.15) is 0 Å². The van der Waals surface area contributed by atoms with Gasteiger partial charge in [0, 0.05) is 22.3 Å². The third-order valence-electron chi connectivity index (χ3n) is 7.44. The summed E-state index contributed by atoms with van der Waals surface area (Å²) >= 11 is 0. The van der Waals surface area contributed by atoms with Crippen molar-refractivity contribution in [1.82, 2.24) is 0 Å². The first-order chi connectivity index (χ1) is 18.2. The molecule has 0 spiro atoms. The quantitative estimate of drug-likeness (QED) is 0.214. The minimum absolute atomic E-state index is 0.0212. The van der Waals surface area contributed by atoms with Crippen molar-refractivity contribution in [3.63, 3.8) is 0 Å². The summed E-state index contributed by atoms with van der Waals surface area (Å²) in [6, 6.07) is 11.6. The minimum atomic E-state index is -0.0383. The predicted molar refractivity (Wildman–Crippen MR) is 161 cm³/mol. The van der Waals surface area contributed by atoms with Crippen LogP contribution in [0.2, 0.25) is 0 Å².